The maximum atomic E-state index is 12.1. The Morgan fingerprint density at radius 3 is 2.61 bits per heavy atom. The van der Waals surface area contributed by atoms with Crippen molar-refractivity contribution in [2.24, 2.45) is 0 Å². The van der Waals surface area contributed by atoms with E-state index >= 15 is 0 Å². The van der Waals surface area contributed by atoms with E-state index in [1.807, 2.05) is 0 Å². The average Bonchev–Trinajstić information content (AvgIpc) is 2.31. The van der Waals surface area contributed by atoms with E-state index in [4.69, 9.17) is 39.5 Å². The van der Waals surface area contributed by atoms with Gasteiger partial charge in [-0.2, -0.15) is 0 Å². The van der Waals surface area contributed by atoms with Crippen LogP contribution in [0.4, 0.5) is 0 Å². The molecule has 0 amide bonds. The Labute approximate surface area is 121 Å². The Morgan fingerprint density at radius 2 is 2.06 bits per heavy atom. The van der Waals surface area contributed by atoms with Crippen LogP contribution in [0.1, 0.15) is 0 Å². The van der Waals surface area contributed by atoms with Gasteiger partial charge in [0.25, 0.3) is 0 Å². The molecule has 1 rings (SSSR count). The minimum Gasteiger partial charge on any atom is -0.383 e. The second-order valence-electron chi connectivity index (χ2n) is 3.50. The van der Waals surface area contributed by atoms with Crippen LogP contribution in [-0.4, -0.2) is 34.1 Å². The Balaban J connectivity index is 3.02. The molecule has 8 heteroatoms. The number of methoxy groups -OCH3 is 1. The molecule has 0 saturated heterocycles. The van der Waals surface area contributed by atoms with E-state index in [-0.39, 0.29) is 27.4 Å². The van der Waals surface area contributed by atoms with Crippen molar-refractivity contribution in [1.29, 1.82) is 0 Å². The number of rotatable bonds is 6. The van der Waals surface area contributed by atoms with Gasteiger partial charge < -0.3 is 4.74 Å². The topological polar surface area (TPSA) is 55.4 Å². The van der Waals surface area contributed by atoms with Gasteiger partial charge in [0.05, 0.1) is 17.7 Å². The lowest BCUT2D eigenvalue weighted by Crippen LogP contribution is -2.39. The van der Waals surface area contributed by atoms with Crippen molar-refractivity contribution in [2.75, 3.05) is 19.6 Å². The normalized spacial score (nSPS) is 13.6. The molecule has 0 aliphatic carbocycles. The first-order valence-electron chi connectivity index (χ1n) is 4.93. The van der Waals surface area contributed by atoms with Crippen LogP contribution in [0.25, 0.3) is 0 Å². The Morgan fingerprint density at radius 1 is 1.39 bits per heavy atom. The lowest BCUT2D eigenvalue weighted by atomic mass is 10.4. The van der Waals surface area contributed by atoms with E-state index in [0.717, 1.165) is 0 Å². The van der Waals surface area contributed by atoms with E-state index in [0.29, 0.717) is 0 Å². The highest BCUT2D eigenvalue weighted by Crippen LogP contribution is 2.25. The summed E-state index contributed by atoms with van der Waals surface area (Å²) in [7, 11) is -2.32. The largest absolute Gasteiger partial charge is 0.383 e. The van der Waals surface area contributed by atoms with Crippen LogP contribution >= 0.6 is 34.8 Å². The molecule has 1 aromatic rings. The first-order valence-corrected chi connectivity index (χ1v) is 7.70. The molecule has 18 heavy (non-hydrogen) atoms. The fourth-order valence-electron chi connectivity index (χ4n) is 1.28. The first kappa shape index (κ1) is 16.0. The third-order valence-corrected chi connectivity index (χ3v) is 4.67. The van der Waals surface area contributed by atoms with E-state index in [9.17, 15) is 8.42 Å². The van der Waals surface area contributed by atoms with Crippen LogP contribution in [0.5, 0.6) is 0 Å². The number of benzene rings is 1. The maximum absolute atomic E-state index is 12.1. The predicted molar refractivity (Wildman–Crippen MR) is 73.2 cm³/mol. The zero-order valence-corrected chi connectivity index (χ0v) is 12.6. The second kappa shape index (κ2) is 6.93. The third kappa shape index (κ3) is 4.26. The molecule has 0 radical (unpaired) electrons. The minimum absolute atomic E-state index is 0.0807. The molecule has 0 spiro atoms. The summed E-state index contributed by atoms with van der Waals surface area (Å²) in [6.07, 6.45) is 0. The van der Waals surface area contributed by atoms with Crippen LogP contribution in [0.2, 0.25) is 10.0 Å². The summed E-state index contributed by atoms with van der Waals surface area (Å²) in [6.45, 7) is 0.168. The quantitative estimate of drug-likeness (QED) is 0.814. The SMILES string of the molecule is COCC(CCl)NS(=O)(=O)c1cc(Cl)ccc1Cl. The highest BCUT2D eigenvalue weighted by atomic mass is 35.5. The van der Waals surface area contributed by atoms with Crippen LogP contribution in [0, 0.1) is 0 Å². The molecule has 0 aromatic heterocycles. The molecule has 1 atom stereocenters. The molecule has 1 aromatic carbocycles. The molecule has 0 aliphatic rings. The molecule has 0 bridgehead atoms. The van der Waals surface area contributed by atoms with Gasteiger partial charge in [-0.25, -0.2) is 13.1 Å². The minimum atomic E-state index is -3.78. The van der Waals surface area contributed by atoms with Crippen LogP contribution in [0.15, 0.2) is 23.1 Å². The van der Waals surface area contributed by atoms with Gasteiger partial charge in [-0.15, -0.1) is 11.6 Å². The number of sulfonamides is 1. The third-order valence-electron chi connectivity index (χ3n) is 2.06. The lowest BCUT2D eigenvalue weighted by molar-refractivity contribution is 0.181. The molecule has 0 heterocycles. The average molecular weight is 333 g/mol. The predicted octanol–water partition coefficient (Wildman–Crippen LogP) is 2.53. The van der Waals surface area contributed by atoms with Crippen LogP contribution in [0.3, 0.4) is 0 Å². The number of nitrogens with one attached hydrogen (secondary N) is 1. The van der Waals surface area contributed by atoms with Crippen molar-refractivity contribution in [2.45, 2.75) is 10.9 Å². The molecule has 1 unspecified atom stereocenters. The molecular formula is C10H12Cl3NO3S. The van der Waals surface area contributed by atoms with Crippen molar-refractivity contribution in [3.63, 3.8) is 0 Å². The molecule has 102 valence electrons. The van der Waals surface area contributed by atoms with Crippen molar-refractivity contribution in [3.05, 3.63) is 28.2 Å². The van der Waals surface area contributed by atoms with E-state index in [2.05, 4.69) is 4.72 Å². The van der Waals surface area contributed by atoms with E-state index < -0.39 is 16.1 Å². The number of halogens is 3. The van der Waals surface area contributed by atoms with Gasteiger partial charge in [0.15, 0.2) is 0 Å². The van der Waals surface area contributed by atoms with E-state index in [1.54, 1.807) is 0 Å². The second-order valence-corrected chi connectivity index (χ2v) is 6.34. The van der Waals surface area contributed by atoms with Gasteiger partial charge in [0.1, 0.15) is 4.90 Å². The van der Waals surface area contributed by atoms with Crippen molar-refractivity contribution in [3.8, 4) is 0 Å². The number of hydrogen-bond acceptors (Lipinski definition) is 3. The molecule has 0 fully saturated rings. The van der Waals surface area contributed by atoms with Gasteiger partial charge in [-0.1, -0.05) is 23.2 Å². The summed E-state index contributed by atoms with van der Waals surface area (Å²) >= 11 is 17.2. The smallest absolute Gasteiger partial charge is 0.242 e. The summed E-state index contributed by atoms with van der Waals surface area (Å²) in [4.78, 5) is -0.0807. The highest BCUT2D eigenvalue weighted by Gasteiger charge is 2.22. The first-order chi connectivity index (χ1) is 8.40. The summed E-state index contributed by atoms with van der Waals surface area (Å²) in [5.41, 5.74) is 0. The van der Waals surface area contributed by atoms with Crippen molar-refractivity contribution < 1.29 is 13.2 Å². The Hall–Kier alpha value is -0.0400. The zero-order chi connectivity index (χ0) is 13.8. The summed E-state index contributed by atoms with van der Waals surface area (Å²) in [5, 5.41) is 0.381. The van der Waals surface area contributed by atoms with E-state index in [1.165, 1.54) is 25.3 Å². The van der Waals surface area contributed by atoms with Gasteiger partial charge >= 0.3 is 0 Å². The Kier molecular flexibility index (Phi) is 6.17. The lowest BCUT2D eigenvalue weighted by Gasteiger charge is -2.16. The fraction of sp³-hybridized carbons (Fsp3) is 0.400. The number of ether oxygens (including phenoxy) is 1. The molecule has 4 nitrogen and oxygen atoms in total. The van der Waals surface area contributed by atoms with Gasteiger partial charge in [-0.3, -0.25) is 0 Å². The zero-order valence-electron chi connectivity index (χ0n) is 9.49. The van der Waals surface area contributed by atoms with Crippen molar-refractivity contribution in [1.82, 2.24) is 4.72 Å². The van der Waals surface area contributed by atoms with Crippen LogP contribution < -0.4 is 4.72 Å². The summed E-state index contributed by atoms with van der Waals surface area (Å²) in [6, 6.07) is 3.68. The summed E-state index contributed by atoms with van der Waals surface area (Å²) < 4.78 is 31.4. The molecular weight excluding hydrogens is 321 g/mol. The van der Waals surface area contributed by atoms with Gasteiger partial charge in [0, 0.05) is 18.0 Å². The van der Waals surface area contributed by atoms with Crippen molar-refractivity contribution >= 4 is 44.8 Å². The molecule has 1 N–H and O–H groups in total. The molecule has 0 aliphatic heterocycles. The standard InChI is InChI=1S/C10H12Cl3NO3S/c1-17-6-8(5-11)14-18(15,16)10-4-7(12)2-3-9(10)13/h2-4,8,14H,5-6H2,1H3. The highest BCUT2D eigenvalue weighted by molar-refractivity contribution is 7.89. The van der Waals surface area contributed by atoms with Gasteiger partial charge in [0.2, 0.25) is 10.0 Å². The number of alkyl halides is 1. The number of hydrogen-bond donors (Lipinski definition) is 1. The Bertz CT molecular complexity index is 507. The summed E-state index contributed by atoms with van der Waals surface area (Å²) in [5.74, 6) is 0.0885. The molecule has 0 saturated carbocycles. The van der Waals surface area contributed by atoms with Gasteiger partial charge in [-0.05, 0) is 18.2 Å². The maximum Gasteiger partial charge on any atom is 0.242 e. The fourth-order valence-corrected chi connectivity index (χ4v) is 3.52. The van der Waals surface area contributed by atoms with Crippen LogP contribution in [-0.2, 0) is 14.8 Å². The monoisotopic (exact) mass is 331 g/mol.